The number of halogens is 1. The van der Waals surface area contributed by atoms with Gasteiger partial charge in [-0.3, -0.25) is 4.72 Å². The maximum atomic E-state index is 12.5. The van der Waals surface area contributed by atoms with Crippen molar-refractivity contribution in [1.29, 1.82) is 0 Å². The van der Waals surface area contributed by atoms with Crippen molar-refractivity contribution in [3.63, 3.8) is 0 Å². The number of hydrogen-bond acceptors (Lipinski definition) is 6. The molecule has 3 aromatic rings. The molecule has 0 aliphatic rings. The lowest BCUT2D eigenvalue weighted by Gasteiger charge is -2.10. The molecule has 0 radical (unpaired) electrons. The van der Waals surface area contributed by atoms with E-state index in [0.29, 0.717) is 16.7 Å². The zero-order valence-corrected chi connectivity index (χ0v) is 12.8. The summed E-state index contributed by atoms with van der Waals surface area (Å²) in [6.45, 7) is 0. The van der Waals surface area contributed by atoms with Crippen LogP contribution in [0, 0.1) is 0 Å². The second-order valence-corrected chi connectivity index (χ2v) is 6.82. The summed E-state index contributed by atoms with van der Waals surface area (Å²) >= 11 is 6.94. The molecule has 0 aliphatic carbocycles. The molecule has 0 saturated carbocycles. The topological polar surface area (TPSA) is 98.0 Å². The molecule has 0 aliphatic heterocycles. The smallest absolute Gasteiger partial charge is 0.264 e. The van der Waals surface area contributed by atoms with Crippen LogP contribution >= 0.6 is 23.3 Å². The Morgan fingerprint density at radius 2 is 2.00 bits per heavy atom. The van der Waals surface area contributed by atoms with Gasteiger partial charge in [0.1, 0.15) is 15.9 Å². The van der Waals surface area contributed by atoms with E-state index in [-0.39, 0.29) is 15.6 Å². The maximum Gasteiger partial charge on any atom is 0.264 e. The molecule has 0 fully saturated rings. The standard InChI is InChI=1S/C12H9ClN4O2S2/c13-8-5-4-7(14)6-10(8)17-21(18,19)11-3-1-2-9-12(11)16-20-15-9/h1-6,17H,14H2. The third kappa shape index (κ3) is 2.65. The van der Waals surface area contributed by atoms with Gasteiger partial charge < -0.3 is 5.73 Å². The number of anilines is 2. The normalized spacial score (nSPS) is 11.7. The van der Waals surface area contributed by atoms with Crippen molar-refractivity contribution in [2.75, 3.05) is 10.5 Å². The Labute approximate surface area is 129 Å². The van der Waals surface area contributed by atoms with Gasteiger partial charge in [0.2, 0.25) is 0 Å². The van der Waals surface area contributed by atoms with Crippen molar-refractivity contribution in [2.45, 2.75) is 4.90 Å². The third-order valence-corrected chi connectivity index (χ3v) is 5.04. The van der Waals surface area contributed by atoms with E-state index in [0.717, 1.165) is 11.7 Å². The van der Waals surface area contributed by atoms with Gasteiger partial charge >= 0.3 is 0 Å². The Kier molecular flexibility index (Phi) is 3.44. The Balaban J connectivity index is 2.09. The van der Waals surface area contributed by atoms with Crippen LogP contribution in [0.2, 0.25) is 5.02 Å². The van der Waals surface area contributed by atoms with Crippen molar-refractivity contribution in [3.05, 3.63) is 41.4 Å². The Morgan fingerprint density at radius 3 is 2.81 bits per heavy atom. The van der Waals surface area contributed by atoms with Crippen LogP contribution < -0.4 is 10.5 Å². The summed E-state index contributed by atoms with van der Waals surface area (Å²) in [6, 6.07) is 9.35. The van der Waals surface area contributed by atoms with Gasteiger partial charge in [0.15, 0.2) is 0 Å². The number of benzene rings is 2. The molecule has 21 heavy (non-hydrogen) atoms. The van der Waals surface area contributed by atoms with Gasteiger partial charge in [0, 0.05) is 5.69 Å². The highest BCUT2D eigenvalue weighted by Crippen LogP contribution is 2.28. The van der Waals surface area contributed by atoms with Crippen LogP contribution in [0.4, 0.5) is 11.4 Å². The number of fused-ring (bicyclic) bond motifs is 1. The molecule has 1 aromatic heterocycles. The molecule has 0 amide bonds. The van der Waals surface area contributed by atoms with E-state index >= 15 is 0 Å². The first-order chi connectivity index (χ1) is 9.97. The third-order valence-electron chi connectivity index (χ3n) is 2.77. The number of nitrogens with one attached hydrogen (secondary N) is 1. The average molecular weight is 341 g/mol. The molecule has 0 saturated heterocycles. The van der Waals surface area contributed by atoms with E-state index in [1.165, 1.54) is 18.2 Å². The van der Waals surface area contributed by atoms with Crippen LogP contribution in [0.5, 0.6) is 0 Å². The number of nitrogens with zero attached hydrogens (tertiary/aromatic N) is 2. The Morgan fingerprint density at radius 1 is 1.19 bits per heavy atom. The van der Waals surface area contributed by atoms with E-state index < -0.39 is 10.0 Å². The molecule has 0 spiro atoms. The maximum absolute atomic E-state index is 12.5. The summed E-state index contributed by atoms with van der Waals surface area (Å²) in [6.07, 6.45) is 0. The molecule has 9 heteroatoms. The van der Waals surface area contributed by atoms with Crippen LogP contribution in [0.15, 0.2) is 41.3 Å². The van der Waals surface area contributed by atoms with Crippen molar-refractivity contribution in [2.24, 2.45) is 0 Å². The quantitative estimate of drug-likeness (QED) is 0.714. The highest BCUT2D eigenvalue weighted by molar-refractivity contribution is 7.93. The number of nitrogens with two attached hydrogens (primary N) is 1. The molecule has 0 atom stereocenters. The van der Waals surface area contributed by atoms with Gasteiger partial charge in [0.25, 0.3) is 10.0 Å². The molecule has 2 aromatic carbocycles. The number of rotatable bonds is 3. The summed E-state index contributed by atoms with van der Waals surface area (Å²) in [4.78, 5) is 0.0484. The van der Waals surface area contributed by atoms with E-state index in [1.807, 2.05) is 0 Å². The molecular weight excluding hydrogens is 332 g/mol. The Bertz CT molecular complexity index is 924. The first kappa shape index (κ1) is 14.1. The van der Waals surface area contributed by atoms with E-state index in [4.69, 9.17) is 17.3 Å². The highest BCUT2D eigenvalue weighted by atomic mass is 35.5. The fraction of sp³-hybridized carbons (Fsp3) is 0. The fourth-order valence-electron chi connectivity index (χ4n) is 1.82. The van der Waals surface area contributed by atoms with Gasteiger partial charge in [-0.05, 0) is 30.3 Å². The zero-order chi connectivity index (χ0) is 15.0. The molecular formula is C12H9ClN4O2S2. The summed E-state index contributed by atoms with van der Waals surface area (Å²) in [5.41, 5.74) is 7.13. The minimum absolute atomic E-state index is 0.0484. The minimum atomic E-state index is -3.83. The largest absolute Gasteiger partial charge is 0.399 e. The molecule has 108 valence electrons. The number of nitrogen functional groups attached to an aromatic ring is 1. The predicted molar refractivity (Wildman–Crippen MR) is 84.1 cm³/mol. The van der Waals surface area contributed by atoms with Crippen molar-refractivity contribution < 1.29 is 8.42 Å². The molecule has 0 unspecified atom stereocenters. The summed E-state index contributed by atoms with van der Waals surface area (Å²) < 4.78 is 35.5. The first-order valence-electron chi connectivity index (χ1n) is 5.76. The van der Waals surface area contributed by atoms with Crippen LogP contribution in [-0.4, -0.2) is 17.2 Å². The van der Waals surface area contributed by atoms with E-state index in [1.54, 1.807) is 18.2 Å². The first-order valence-corrected chi connectivity index (χ1v) is 8.36. The molecule has 3 rings (SSSR count). The van der Waals surface area contributed by atoms with Crippen LogP contribution in [-0.2, 0) is 10.0 Å². The molecule has 1 heterocycles. The number of sulfonamides is 1. The summed E-state index contributed by atoms with van der Waals surface area (Å²) in [5, 5.41) is 0.261. The van der Waals surface area contributed by atoms with Gasteiger partial charge in [-0.25, -0.2) is 8.42 Å². The molecule has 3 N–H and O–H groups in total. The monoisotopic (exact) mass is 340 g/mol. The SMILES string of the molecule is Nc1ccc(Cl)c(NS(=O)(=O)c2cccc3nsnc23)c1. The second-order valence-electron chi connectivity index (χ2n) is 4.23. The van der Waals surface area contributed by atoms with Gasteiger partial charge in [-0.2, -0.15) is 8.75 Å². The minimum Gasteiger partial charge on any atom is -0.399 e. The average Bonchev–Trinajstić information content (AvgIpc) is 2.90. The summed E-state index contributed by atoms with van der Waals surface area (Å²) in [5.74, 6) is 0. The van der Waals surface area contributed by atoms with Gasteiger partial charge in [-0.1, -0.05) is 17.7 Å². The number of hydrogen-bond donors (Lipinski definition) is 2. The van der Waals surface area contributed by atoms with Crippen molar-refractivity contribution >= 4 is 55.8 Å². The van der Waals surface area contributed by atoms with Crippen LogP contribution in [0.3, 0.4) is 0 Å². The number of aromatic nitrogens is 2. The van der Waals surface area contributed by atoms with Crippen LogP contribution in [0.1, 0.15) is 0 Å². The zero-order valence-electron chi connectivity index (χ0n) is 10.4. The van der Waals surface area contributed by atoms with Crippen molar-refractivity contribution in [1.82, 2.24) is 8.75 Å². The predicted octanol–water partition coefficient (Wildman–Crippen LogP) is 2.73. The Hall–Kier alpha value is -1.90. The van der Waals surface area contributed by atoms with E-state index in [2.05, 4.69) is 13.5 Å². The van der Waals surface area contributed by atoms with Gasteiger partial charge in [0.05, 0.1) is 22.4 Å². The van der Waals surface area contributed by atoms with Crippen LogP contribution in [0.25, 0.3) is 11.0 Å². The lowest BCUT2D eigenvalue weighted by molar-refractivity contribution is 0.602. The molecule has 6 nitrogen and oxygen atoms in total. The lowest BCUT2D eigenvalue weighted by atomic mass is 10.3. The van der Waals surface area contributed by atoms with E-state index in [9.17, 15) is 8.42 Å². The fourth-order valence-corrected chi connectivity index (χ4v) is 3.88. The highest BCUT2D eigenvalue weighted by Gasteiger charge is 2.20. The molecule has 0 bridgehead atoms. The van der Waals surface area contributed by atoms with Gasteiger partial charge in [-0.15, -0.1) is 0 Å². The second kappa shape index (κ2) is 5.14. The lowest BCUT2D eigenvalue weighted by Crippen LogP contribution is -2.14. The summed E-state index contributed by atoms with van der Waals surface area (Å²) in [7, 11) is -3.83. The van der Waals surface area contributed by atoms with Crippen molar-refractivity contribution in [3.8, 4) is 0 Å².